The van der Waals surface area contributed by atoms with Crippen molar-refractivity contribution in [2.24, 2.45) is 5.10 Å². The van der Waals surface area contributed by atoms with Crippen LogP contribution >= 0.6 is 0 Å². The molecule has 0 atom stereocenters. The van der Waals surface area contributed by atoms with Crippen LogP contribution in [-0.4, -0.2) is 47.3 Å². The SMILES string of the molecule is COc1ccc(S(=O)(=O)N(CC(=O)N/N=C\c2ccccc2C(=O)[O-])c2ccccc2OC)cc1. The molecule has 0 aromatic heterocycles. The Labute approximate surface area is 202 Å². The highest BCUT2D eigenvalue weighted by atomic mass is 32.2. The van der Waals surface area contributed by atoms with Crippen molar-refractivity contribution >= 4 is 33.8 Å². The molecule has 0 bridgehead atoms. The molecule has 3 aromatic rings. The Bertz CT molecular complexity index is 1340. The lowest BCUT2D eigenvalue weighted by Gasteiger charge is -2.25. The number of rotatable bonds is 10. The van der Waals surface area contributed by atoms with Gasteiger partial charge in [0.2, 0.25) is 0 Å². The number of para-hydroxylation sites is 2. The number of benzene rings is 3. The minimum Gasteiger partial charge on any atom is -0.545 e. The number of nitrogens with one attached hydrogen (secondary N) is 1. The highest BCUT2D eigenvalue weighted by molar-refractivity contribution is 7.92. The van der Waals surface area contributed by atoms with Crippen molar-refractivity contribution < 1.29 is 32.6 Å². The number of ether oxygens (including phenoxy) is 2. The van der Waals surface area contributed by atoms with Crippen molar-refractivity contribution in [3.8, 4) is 11.5 Å². The summed E-state index contributed by atoms with van der Waals surface area (Å²) >= 11 is 0. The van der Waals surface area contributed by atoms with E-state index in [9.17, 15) is 23.1 Å². The number of carbonyl (C=O) groups excluding carboxylic acids is 2. The van der Waals surface area contributed by atoms with E-state index in [2.05, 4.69) is 10.5 Å². The van der Waals surface area contributed by atoms with E-state index in [-0.39, 0.29) is 27.5 Å². The average molecular weight is 497 g/mol. The summed E-state index contributed by atoms with van der Waals surface area (Å²) < 4.78 is 38.3. The molecule has 1 amide bonds. The minimum absolute atomic E-state index is 0.0663. The summed E-state index contributed by atoms with van der Waals surface area (Å²) in [6, 6.07) is 18.0. The molecule has 0 spiro atoms. The molecule has 3 rings (SSSR count). The first-order valence-corrected chi connectivity index (χ1v) is 11.6. The molecule has 0 radical (unpaired) electrons. The predicted molar refractivity (Wildman–Crippen MR) is 127 cm³/mol. The fourth-order valence-electron chi connectivity index (χ4n) is 3.15. The van der Waals surface area contributed by atoms with Crippen LogP contribution in [0.25, 0.3) is 0 Å². The number of amides is 1. The molecule has 0 aliphatic rings. The van der Waals surface area contributed by atoms with Crippen molar-refractivity contribution in [3.63, 3.8) is 0 Å². The Kier molecular flexibility index (Phi) is 8.05. The monoisotopic (exact) mass is 496 g/mol. The van der Waals surface area contributed by atoms with Gasteiger partial charge in [0.15, 0.2) is 0 Å². The van der Waals surface area contributed by atoms with Gasteiger partial charge in [-0.1, -0.05) is 36.4 Å². The van der Waals surface area contributed by atoms with Crippen LogP contribution in [-0.2, 0) is 14.8 Å². The zero-order valence-electron chi connectivity index (χ0n) is 18.9. The fraction of sp³-hybridized carbons (Fsp3) is 0.125. The van der Waals surface area contributed by atoms with Crippen LogP contribution in [0.4, 0.5) is 5.69 Å². The lowest BCUT2D eigenvalue weighted by Crippen LogP contribution is -2.39. The third-order valence-electron chi connectivity index (χ3n) is 4.86. The molecule has 0 aliphatic heterocycles. The van der Waals surface area contributed by atoms with Crippen LogP contribution < -0.4 is 24.3 Å². The van der Waals surface area contributed by atoms with E-state index in [0.717, 1.165) is 10.5 Å². The summed E-state index contributed by atoms with van der Waals surface area (Å²) in [4.78, 5) is 23.8. The van der Waals surface area contributed by atoms with E-state index >= 15 is 0 Å². The molecule has 0 heterocycles. The van der Waals surface area contributed by atoms with Crippen molar-refractivity contribution in [2.45, 2.75) is 4.90 Å². The van der Waals surface area contributed by atoms with Crippen LogP contribution in [0, 0.1) is 0 Å². The highest BCUT2D eigenvalue weighted by Gasteiger charge is 2.29. The summed E-state index contributed by atoms with van der Waals surface area (Å²) in [7, 11) is -1.36. The Balaban J connectivity index is 1.90. The maximum atomic E-state index is 13.5. The number of hydrogen-bond acceptors (Lipinski definition) is 8. The number of hydrogen-bond donors (Lipinski definition) is 1. The number of carboxylic acid groups (broad SMARTS) is 1. The van der Waals surface area contributed by atoms with Gasteiger partial charge in [0.05, 0.1) is 37.0 Å². The second kappa shape index (κ2) is 11.2. The van der Waals surface area contributed by atoms with Crippen LogP contribution in [0.2, 0.25) is 0 Å². The zero-order valence-corrected chi connectivity index (χ0v) is 19.7. The quantitative estimate of drug-likeness (QED) is 0.331. The van der Waals surface area contributed by atoms with Gasteiger partial charge in [-0.25, -0.2) is 13.8 Å². The second-order valence-corrected chi connectivity index (χ2v) is 8.89. The largest absolute Gasteiger partial charge is 0.545 e. The number of carbonyl (C=O) groups is 2. The first-order valence-electron chi connectivity index (χ1n) is 10.2. The smallest absolute Gasteiger partial charge is 0.264 e. The second-order valence-electron chi connectivity index (χ2n) is 7.03. The Morgan fingerprint density at radius 3 is 2.29 bits per heavy atom. The van der Waals surface area contributed by atoms with E-state index in [1.165, 1.54) is 62.8 Å². The topological polar surface area (TPSA) is 137 Å². The molecule has 3 aromatic carbocycles. The zero-order chi connectivity index (χ0) is 25.4. The maximum absolute atomic E-state index is 13.5. The summed E-state index contributed by atoms with van der Waals surface area (Å²) in [6.45, 7) is -0.631. The van der Waals surface area contributed by atoms with Crippen molar-refractivity contribution in [3.05, 3.63) is 83.9 Å². The lowest BCUT2D eigenvalue weighted by atomic mass is 10.1. The minimum atomic E-state index is -4.20. The van der Waals surface area contributed by atoms with Crippen molar-refractivity contribution in [2.75, 3.05) is 25.1 Å². The molecule has 10 nitrogen and oxygen atoms in total. The van der Waals surface area contributed by atoms with E-state index in [4.69, 9.17) is 9.47 Å². The average Bonchev–Trinajstić information content (AvgIpc) is 2.87. The lowest BCUT2D eigenvalue weighted by molar-refractivity contribution is -0.255. The molecule has 0 fully saturated rings. The molecule has 35 heavy (non-hydrogen) atoms. The highest BCUT2D eigenvalue weighted by Crippen LogP contribution is 2.32. The summed E-state index contributed by atoms with van der Waals surface area (Å²) in [5, 5.41) is 15.0. The van der Waals surface area contributed by atoms with Gasteiger partial charge in [0.1, 0.15) is 18.0 Å². The van der Waals surface area contributed by atoms with Gasteiger partial charge in [-0.05, 0) is 36.4 Å². The van der Waals surface area contributed by atoms with Gasteiger partial charge in [-0.15, -0.1) is 0 Å². The van der Waals surface area contributed by atoms with E-state index in [0.29, 0.717) is 5.75 Å². The Morgan fingerprint density at radius 2 is 1.63 bits per heavy atom. The molecule has 0 unspecified atom stereocenters. The summed E-state index contributed by atoms with van der Waals surface area (Å²) in [6.07, 6.45) is 1.13. The molecule has 0 aliphatic carbocycles. The van der Waals surface area contributed by atoms with Gasteiger partial charge in [-0.3, -0.25) is 9.10 Å². The number of hydrazone groups is 1. The fourth-order valence-corrected chi connectivity index (χ4v) is 4.58. The van der Waals surface area contributed by atoms with Gasteiger partial charge in [0.25, 0.3) is 15.9 Å². The van der Waals surface area contributed by atoms with Gasteiger partial charge < -0.3 is 19.4 Å². The van der Waals surface area contributed by atoms with E-state index < -0.39 is 28.4 Å². The number of aromatic carboxylic acids is 1. The van der Waals surface area contributed by atoms with Gasteiger partial charge >= 0.3 is 0 Å². The number of methoxy groups -OCH3 is 2. The van der Waals surface area contributed by atoms with Crippen molar-refractivity contribution in [1.29, 1.82) is 0 Å². The summed E-state index contributed by atoms with van der Waals surface area (Å²) in [5.74, 6) is -1.46. The molecular formula is C24H22N3O7S-. The van der Waals surface area contributed by atoms with Crippen molar-refractivity contribution in [1.82, 2.24) is 5.43 Å². The summed E-state index contributed by atoms with van der Waals surface area (Å²) in [5.41, 5.74) is 2.47. The van der Waals surface area contributed by atoms with Crippen LogP contribution in [0.15, 0.2) is 82.8 Å². The van der Waals surface area contributed by atoms with Gasteiger partial charge in [-0.2, -0.15) is 5.10 Å². The maximum Gasteiger partial charge on any atom is 0.264 e. The Morgan fingerprint density at radius 1 is 0.971 bits per heavy atom. The van der Waals surface area contributed by atoms with Gasteiger partial charge in [0, 0.05) is 11.1 Å². The number of carboxylic acids is 1. The molecular weight excluding hydrogens is 474 g/mol. The van der Waals surface area contributed by atoms with Crippen LogP contribution in [0.3, 0.4) is 0 Å². The molecule has 11 heteroatoms. The van der Waals surface area contributed by atoms with Crippen LogP contribution in [0.1, 0.15) is 15.9 Å². The molecule has 182 valence electrons. The third kappa shape index (κ3) is 5.95. The molecule has 1 N–H and O–H groups in total. The first kappa shape index (κ1) is 25.2. The first-order chi connectivity index (χ1) is 16.8. The Hall–Kier alpha value is -4.38. The normalized spacial score (nSPS) is 11.1. The predicted octanol–water partition coefficient (Wildman–Crippen LogP) is 1.41. The number of sulfonamides is 1. The third-order valence-corrected chi connectivity index (χ3v) is 6.64. The standard InChI is InChI=1S/C24H23N3O7S/c1-33-18-11-13-19(14-12-18)35(31,32)27(21-9-5-6-10-22(21)34-2)16-23(28)26-25-15-17-7-3-4-8-20(17)24(29)30/h3-15H,16H2,1-2H3,(H,26,28)(H,29,30)/p-1/b25-15-. The van der Waals surface area contributed by atoms with E-state index in [1.807, 2.05) is 0 Å². The number of anilines is 1. The molecule has 0 saturated carbocycles. The number of nitrogens with zero attached hydrogens (tertiary/aromatic N) is 2. The van der Waals surface area contributed by atoms with Crippen LogP contribution in [0.5, 0.6) is 11.5 Å². The molecule has 0 saturated heterocycles. The van der Waals surface area contributed by atoms with E-state index in [1.54, 1.807) is 24.3 Å².